The van der Waals surface area contributed by atoms with E-state index in [-0.39, 0.29) is 11.1 Å². The third-order valence-corrected chi connectivity index (χ3v) is 2.90. The summed E-state index contributed by atoms with van der Waals surface area (Å²) in [5.74, 6) is 0. The van der Waals surface area contributed by atoms with Crippen molar-refractivity contribution in [3.05, 3.63) is 22.7 Å². The van der Waals surface area contributed by atoms with Gasteiger partial charge in [-0.2, -0.15) is 13.2 Å². The molecule has 0 saturated carbocycles. The quantitative estimate of drug-likeness (QED) is 0.757. The lowest BCUT2D eigenvalue weighted by Gasteiger charge is -2.09. The van der Waals surface area contributed by atoms with Crippen LogP contribution in [-0.2, 0) is 6.18 Å². The second-order valence-electron chi connectivity index (χ2n) is 3.18. The van der Waals surface area contributed by atoms with E-state index in [4.69, 9.17) is 5.73 Å². The van der Waals surface area contributed by atoms with Gasteiger partial charge in [0.1, 0.15) is 4.83 Å². The van der Waals surface area contributed by atoms with Gasteiger partial charge >= 0.3 is 6.18 Å². The molecule has 0 saturated heterocycles. The highest BCUT2D eigenvalue weighted by Gasteiger charge is 2.34. The number of fused-ring (bicyclic) bond motifs is 1. The summed E-state index contributed by atoms with van der Waals surface area (Å²) in [5.41, 5.74) is 5.27. The Balaban J connectivity index is 2.87. The number of nitrogen functional groups attached to an aromatic ring is 1. The number of hydrogen-bond donors (Lipinski definition) is 1. The van der Waals surface area contributed by atoms with Gasteiger partial charge < -0.3 is 5.73 Å². The lowest BCUT2D eigenvalue weighted by molar-refractivity contribution is -0.136. The highest BCUT2D eigenvalue weighted by molar-refractivity contribution is 7.17. The smallest absolute Gasteiger partial charge is 0.397 e. The molecule has 0 spiro atoms. The molecule has 2 N–H and O–H groups in total. The lowest BCUT2D eigenvalue weighted by Crippen LogP contribution is -2.07. The molecule has 0 aliphatic rings. The van der Waals surface area contributed by atoms with Crippen LogP contribution in [0.2, 0.25) is 0 Å². The van der Waals surface area contributed by atoms with Crippen molar-refractivity contribution < 1.29 is 13.2 Å². The number of nitrogens with two attached hydrogens (primary N) is 1. The Kier molecular flexibility index (Phi) is 2.11. The predicted molar refractivity (Wildman–Crippen MR) is 53.8 cm³/mol. The molecule has 80 valence electrons. The van der Waals surface area contributed by atoms with Gasteiger partial charge in [-0.3, -0.25) is 0 Å². The maximum Gasteiger partial charge on any atom is 0.417 e. The van der Waals surface area contributed by atoms with Crippen molar-refractivity contribution in [3.8, 4) is 0 Å². The van der Waals surface area contributed by atoms with Crippen molar-refractivity contribution in [3.63, 3.8) is 0 Å². The Morgan fingerprint density at radius 2 is 2.07 bits per heavy atom. The average Bonchev–Trinajstić information content (AvgIpc) is 2.44. The van der Waals surface area contributed by atoms with E-state index in [0.29, 0.717) is 10.5 Å². The number of thiophene rings is 1. The number of nitrogens with zero attached hydrogens (tertiary/aromatic N) is 1. The minimum atomic E-state index is -4.39. The van der Waals surface area contributed by atoms with Gasteiger partial charge in [-0.15, -0.1) is 11.3 Å². The molecule has 2 aromatic rings. The molecule has 6 heteroatoms. The van der Waals surface area contributed by atoms with Crippen LogP contribution in [0.25, 0.3) is 10.2 Å². The van der Waals surface area contributed by atoms with E-state index in [9.17, 15) is 13.2 Å². The molecule has 0 amide bonds. The SMILES string of the molecule is Cc1cc(C(F)(F)F)c2c(N)csc2n1. The zero-order valence-electron chi connectivity index (χ0n) is 7.72. The monoisotopic (exact) mass is 232 g/mol. The summed E-state index contributed by atoms with van der Waals surface area (Å²) in [7, 11) is 0. The molecule has 0 aromatic carbocycles. The second kappa shape index (κ2) is 3.10. The van der Waals surface area contributed by atoms with Gasteiger partial charge in [0, 0.05) is 16.5 Å². The Bertz CT molecular complexity index is 516. The minimum Gasteiger partial charge on any atom is -0.397 e. The van der Waals surface area contributed by atoms with Crippen LogP contribution in [0.1, 0.15) is 11.3 Å². The van der Waals surface area contributed by atoms with E-state index >= 15 is 0 Å². The molecule has 0 radical (unpaired) electrons. The molecule has 0 fully saturated rings. The molecular weight excluding hydrogens is 225 g/mol. The molecular formula is C9H7F3N2S. The summed E-state index contributed by atoms with van der Waals surface area (Å²) in [5, 5.41) is 1.49. The third-order valence-electron chi connectivity index (χ3n) is 2.01. The summed E-state index contributed by atoms with van der Waals surface area (Å²) >= 11 is 1.12. The molecule has 15 heavy (non-hydrogen) atoms. The summed E-state index contributed by atoms with van der Waals surface area (Å²) < 4.78 is 38.0. The fourth-order valence-electron chi connectivity index (χ4n) is 1.41. The number of pyridine rings is 1. The van der Waals surface area contributed by atoms with Crippen molar-refractivity contribution in [2.24, 2.45) is 0 Å². The minimum absolute atomic E-state index is 0.0121. The molecule has 2 aromatic heterocycles. The van der Waals surface area contributed by atoms with Gasteiger partial charge in [0.15, 0.2) is 0 Å². The Morgan fingerprint density at radius 3 is 2.67 bits per heavy atom. The number of aryl methyl sites for hydroxylation is 1. The van der Waals surface area contributed by atoms with E-state index in [2.05, 4.69) is 4.98 Å². The highest BCUT2D eigenvalue weighted by Crippen LogP contribution is 2.39. The maximum absolute atomic E-state index is 12.7. The molecule has 0 aliphatic carbocycles. The predicted octanol–water partition coefficient (Wildman–Crippen LogP) is 3.21. The van der Waals surface area contributed by atoms with Gasteiger partial charge in [-0.25, -0.2) is 4.98 Å². The molecule has 2 nitrogen and oxygen atoms in total. The number of aromatic nitrogens is 1. The number of rotatable bonds is 0. The first-order chi connectivity index (χ1) is 6.89. The fourth-order valence-corrected chi connectivity index (χ4v) is 2.31. The first-order valence-corrected chi connectivity index (χ1v) is 4.99. The van der Waals surface area contributed by atoms with Crippen molar-refractivity contribution >= 4 is 27.2 Å². The van der Waals surface area contributed by atoms with Gasteiger partial charge in [-0.1, -0.05) is 0 Å². The van der Waals surface area contributed by atoms with E-state index in [1.54, 1.807) is 0 Å². The van der Waals surface area contributed by atoms with Crippen LogP contribution in [0, 0.1) is 6.92 Å². The van der Waals surface area contributed by atoms with Crippen molar-refractivity contribution in [1.29, 1.82) is 0 Å². The van der Waals surface area contributed by atoms with E-state index in [1.165, 1.54) is 12.3 Å². The van der Waals surface area contributed by atoms with Crippen LogP contribution >= 0.6 is 11.3 Å². The first kappa shape index (κ1) is 10.2. The first-order valence-electron chi connectivity index (χ1n) is 4.11. The highest BCUT2D eigenvalue weighted by atomic mass is 32.1. The van der Waals surface area contributed by atoms with Crippen LogP contribution in [0.5, 0.6) is 0 Å². The average molecular weight is 232 g/mol. The Labute approximate surface area is 87.5 Å². The lowest BCUT2D eigenvalue weighted by atomic mass is 10.1. The number of hydrogen-bond acceptors (Lipinski definition) is 3. The topological polar surface area (TPSA) is 38.9 Å². The van der Waals surface area contributed by atoms with Gasteiger partial charge in [-0.05, 0) is 13.0 Å². The van der Waals surface area contributed by atoms with Crippen LogP contribution in [0.15, 0.2) is 11.4 Å². The molecule has 0 atom stereocenters. The van der Waals surface area contributed by atoms with Crippen LogP contribution < -0.4 is 5.73 Å². The number of halogens is 3. The largest absolute Gasteiger partial charge is 0.417 e. The zero-order chi connectivity index (χ0) is 11.2. The Morgan fingerprint density at radius 1 is 1.40 bits per heavy atom. The third kappa shape index (κ3) is 1.65. The summed E-state index contributed by atoms with van der Waals surface area (Å²) in [4.78, 5) is 4.34. The van der Waals surface area contributed by atoms with Crippen molar-refractivity contribution in [2.75, 3.05) is 5.73 Å². The second-order valence-corrected chi connectivity index (χ2v) is 4.04. The van der Waals surface area contributed by atoms with Gasteiger partial charge in [0.05, 0.1) is 11.3 Å². The molecule has 2 heterocycles. The molecule has 0 aliphatic heterocycles. The van der Waals surface area contributed by atoms with Gasteiger partial charge in [0.25, 0.3) is 0 Å². The van der Waals surface area contributed by atoms with Crippen LogP contribution in [0.4, 0.5) is 18.9 Å². The zero-order valence-corrected chi connectivity index (χ0v) is 8.54. The number of anilines is 1. The molecule has 0 unspecified atom stereocenters. The van der Waals surface area contributed by atoms with Crippen LogP contribution in [0.3, 0.4) is 0 Å². The molecule has 2 rings (SSSR count). The maximum atomic E-state index is 12.7. The molecule has 0 bridgehead atoms. The Hall–Kier alpha value is -1.30. The van der Waals surface area contributed by atoms with E-state index in [1.807, 2.05) is 0 Å². The number of alkyl halides is 3. The van der Waals surface area contributed by atoms with Gasteiger partial charge in [0.2, 0.25) is 0 Å². The standard InChI is InChI=1S/C9H7F3N2S/c1-4-2-5(9(10,11)12)7-6(13)3-15-8(7)14-4/h2-3H,13H2,1H3. The van der Waals surface area contributed by atoms with E-state index in [0.717, 1.165) is 17.4 Å². The van der Waals surface area contributed by atoms with Crippen molar-refractivity contribution in [2.45, 2.75) is 13.1 Å². The fraction of sp³-hybridized carbons (Fsp3) is 0.222. The summed E-state index contributed by atoms with van der Waals surface area (Å²) in [6.07, 6.45) is -4.39. The van der Waals surface area contributed by atoms with E-state index < -0.39 is 11.7 Å². The van der Waals surface area contributed by atoms with Crippen LogP contribution in [-0.4, -0.2) is 4.98 Å². The summed E-state index contributed by atoms with van der Waals surface area (Å²) in [6, 6.07) is 1.02. The summed E-state index contributed by atoms with van der Waals surface area (Å²) in [6.45, 7) is 1.53. The van der Waals surface area contributed by atoms with Crippen molar-refractivity contribution in [1.82, 2.24) is 4.98 Å². The normalized spacial score (nSPS) is 12.3.